The molecule has 3 aliphatic rings. The molecule has 3 aromatic heterocycles. The maximum atomic E-state index is 15.0. The second-order valence-electron chi connectivity index (χ2n) is 9.09. The Morgan fingerprint density at radius 1 is 0.909 bits per heavy atom. The van der Waals surface area contributed by atoms with E-state index in [0.29, 0.717) is 18.7 Å². The molecule has 5 heterocycles. The standard InChI is InChI=1S/C24H28FN7O/c1-33-19-5-4-8-26-22(19)32-13-11-31(12-14-32)21-17-15-20(30-9-2-3-10-30)27-16-18(17)28-23(29-21)24(25)6-7-24/h4-5,8,15-16H,2-3,6-7,9-14H2,1H3. The topological polar surface area (TPSA) is 70.5 Å². The van der Waals surface area contributed by atoms with Crippen LogP contribution in [-0.4, -0.2) is 66.3 Å². The number of pyridine rings is 2. The third-order valence-corrected chi connectivity index (χ3v) is 6.92. The quantitative estimate of drug-likeness (QED) is 0.588. The van der Waals surface area contributed by atoms with E-state index in [9.17, 15) is 4.39 Å². The molecule has 0 radical (unpaired) electrons. The highest BCUT2D eigenvalue weighted by atomic mass is 19.1. The summed E-state index contributed by atoms with van der Waals surface area (Å²) in [5.74, 6) is 3.70. The second kappa shape index (κ2) is 7.97. The SMILES string of the molecule is COc1cccnc1N1CCN(c2nc(C3(F)CC3)nc3cnc(N4CCCC4)cc23)CC1. The lowest BCUT2D eigenvalue weighted by atomic mass is 10.2. The summed E-state index contributed by atoms with van der Waals surface area (Å²) < 4.78 is 20.5. The zero-order valence-electron chi connectivity index (χ0n) is 18.9. The lowest BCUT2D eigenvalue weighted by Gasteiger charge is -2.37. The van der Waals surface area contributed by atoms with Crippen LogP contribution in [0.2, 0.25) is 0 Å². The van der Waals surface area contributed by atoms with E-state index < -0.39 is 5.67 Å². The van der Waals surface area contributed by atoms with Crippen LogP contribution in [0.25, 0.3) is 10.9 Å². The van der Waals surface area contributed by atoms with E-state index in [1.807, 2.05) is 12.1 Å². The first-order valence-electron chi connectivity index (χ1n) is 11.8. The molecule has 3 aromatic rings. The zero-order chi connectivity index (χ0) is 22.4. The molecular weight excluding hydrogens is 421 g/mol. The Labute approximate surface area is 192 Å². The van der Waals surface area contributed by atoms with Gasteiger partial charge in [0, 0.05) is 50.9 Å². The first-order chi connectivity index (χ1) is 16.1. The van der Waals surface area contributed by atoms with E-state index in [4.69, 9.17) is 9.72 Å². The summed E-state index contributed by atoms with van der Waals surface area (Å²) in [5, 5.41) is 0.948. The van der Waals surface area contributed by atoms with Crippen molar-refractivity contribution in [2.45, 2.75) is 31.4 Å². The minimum atomic E-state index is -1.39. The van der Waals surface area contributed by atoms with Gasteiger partial charge >= 0.3 is 0 Å². The molecule has 1 saturated carbocycles. The minimum absolute atomic E-state index is 0.301. The lowest BCUT2D eigenvalue weighted by Crippen LogP contribution is -2.47. The number of ether oxygens (including phenoxy) is 1. The molecule has 0 aromatic carbocycles. The number of halogens is 1. The Morgan fingerprint density at radius 3 is 2.33 bits per heavy atom. The molecule has 2 aliphatic heterocycles. The predicted octanol–water partition coefficient (Wildman–Crippen LogP) is 3.31. The van der Waals surface area contributed by atoms with Gasteiger partial charge in [0.2, 0.25) is 0 Å². The number of anilines is 3. The van der Waals surface area contributed by atoms with Gasteiger partial charge in [-0.25, -0.2) is 24.3 Å². The maximum Gasteiger partial charge on any atom is 0.171 e. The molecule has 1 aliphatic carbocycles. The number of hydrogen-bond acceptors (Lipinski definition) is 8. The number of alkyl halides is 1. The van der Waals surface area contributed by atoms with Crippen LogP contribution in [0.3, 0.4) is 0 Å². The predicted molar refractivity (Wildman–Crippen MR) is 126 cm³/mol. The Balaban J connectivity index is 1.34. The number of piperazine rings is 1. The Hall–Kier alpha value is -3.23. The van der Waals surface area contributed by atoms with Crippen LogP contribution < -0.4 is 19.4 Å². The highest BCUT2D eigenvalue weighted by Gasteiger charge is 2.48. The molecule has 8 nitrogen and oxygen atoms in total. The molecular formula is C24H28FN7O. The fraction of sp³-hybridized carbons (Fsp3) is 0.500. The largest absolute Gasteiger partial charge is 0.493 e. The van der Waals surface area contributed by atoms with Crippen molar-refractivity contribution in [3.63, 3.8) is 0 Å². The molecule has 33 heavy (non-hydrogen) atoms. The van der Waals surface area contributed by atoms with Crippen LogP contribution in [0.1, 0.15) is 31.5 Å². The number of aromatic nitrogens is 4. The van der Waals surface area contributed by atoms with Gasteiger partial charge in [-0.2, -0.15) is 0 Å². The van der Waals surface area contributed by atoms with Crippen LogP contribution in [-0.2, 0) is 5.67 Å². The Bertz CT molecular complexity index is 1170. The summed E-state index contributed by atoms with van der Waals surface area (Å²) in [5.41, 5.74) is -0.671. The van der Waals surface area contributed by atoms with Crippen molar-refractivity contribution in [3.05, 3.63) is 36.4 Å². The first kappa shape index (κ1) is 20.4. The molecule has 0 N–H and O–H groups in total. The van der Waals surface area contributed by atoms with Crippen molar-refractivity contribution >= 4 is 28.4 Å². The van der Waals surface area contributed by atoms with E-state index in [1.54, 1.807) is 19.5 Å². The number of hydrogen-bond donors (Lipinski definition) is 0. The van der Waals surface area contributed by atoms with E-state index in [0.717, 1.165) is 73.4 Å². The van der Waals surface area contributed by atoms with Crippen LogP contribution in [0.5, 0.6) is 5.75 Å². The lowest BCUT2D eigenvalue weighted by molar-refractivity contribution is 0.301. The molecule has 0 unspecified atom stereocenters. The Kier molecular flexibility index (Phi) is 4.92. The van der Waals surface area contributed by atoms with E-state index in [2.05, 4.69) is 35.7 Å². The molecule has 0 amide bonds. The molecule has 0 atom stereocenters. The fourth-order valence-electron chi connectivity index (χ4n) is 4.81. The van der Waals surface area contributed by atoms with E-state index in [-0.39, 0.29) is 0 Å². The monoisotopic (exact) mass is 449 g/mol. The van der Waals surface area contributed by atoms with Gasteiger partial charge in [-0.05, 0) is 43.9 Å². The number of nitrogens with zero attached hydrogens (tertiary/aromatic N) is 7. The summed E-state index contributed by atoms with van der Waals surface area (Å²) in [7, 11) is 1.67. The highest BCUT2D eigenvalue weighted by molar-refractivity contribution is 5.91. The molecule has 6 rings (SSSR count). The van der Waals surface area contributed by atoms with Gasteiger partial charge in [-0.15, -0.1) is 0 Å². The summed E-state index contributed by atoms with van der Waals surface area (Å²) in [4.78, 5) is 25.3. The average molecular weight is 450 g/mol. The molecule has 9 heteroatoms. The zero-order valence-corrected chi connectivity index (χ0v) is 18.9. The van der Waals surface area contributed by atoms with Gasteiger partial charge < -0.3 is 19.4 Å². The number of fused-ring (bicyclic) bond motifs is 1. The van der Waals surface area contributed by atoms with Crippen LogP contribution in [0, 0.1) is 0 Å². The highest BCUT2D eigenvalue weighted by Crippen LogP contribution is 2.49. The molecule has 3 fully saturated rings. The maximum absolute atomic E-state index is 15.0. The summed E-state index contributed by atoms with van der Waals surface area (Å²) in [6.45, 7) is 5.10. The first-order valence-corrected chi connectivity index (χ1v) is 11.8. The molecule has 2 saturated heterocycles. The van der Waals surface area contributed by atoms with Gasteiger partial charge in [0.05, 0.1) is 18.8 Å². The Morgan fingerprint density at radius 2 is 1.64 bits per heavy atom. The van der Waals surface area contributed by atoms with Crippen LogP contribution >= 0.6 is 0 Å². The minimum Gasteiger partial charge on any atom is -0.493 e. The van der Waals surface area contributed by atoms with Gasteiger partial charge in [0.15, 0.2) is 23.1 Å². The second-order valence-corrected chi connectivity index (χ2v) is 9.09. The third kappa shape index (κ3) is 3.69. The van der Waals surface area contributed by atoms with Crippen molar-refractivity contribution in [2.24, 2.45) is 0 Å². The van der Waals surface area contributed by atoms with Crippen molar-refractivity contribution in [3.8, 4) is 5.75 Å². The van der Waals surface area contributed by atoms with E-state index in [1.165, 1.54) is 12.8 Å². The normalized spacial score (nSPS) is 19.9. The molecule has 172 valence electrons. The van der Waals surface area contributed by atoms with Crippen molar-refractivity contribution < 1.29 is 9.13 Å². The van der Waals surface area contributed by atoms with Crippen LogP contribution in [0.4, 0.5) is 21.8 Å². The van der Waals surface area contributed by atoms with Gasteiger partial charge in [0.1, 0.15) is 11.6 Å². The summed E-state index contributed by atoms with van der Waals surface area (Å²) in [6, 6.07) is 5.90. The number of methoxy groups -OCH3 is 1. The van der Waals surface area contributed by atoms with Gasteiger partial charge in [-0.3, -0.25) is 0 Å². The van der Waals surface area contributed by atoms with Crippen molar-refractivity contribution in [1.82, 2.24) is 19.9 Å². The summed E-state index contributed by atoms with van der Waals surface area (Å²) in [6.07, 6.45) is 6.93. The average Bonchev–Trinajstić information content (AvgIpc) is 3.39. The molecule has 0 bridgehead atoms. The summed E-state index contributed by atoms with van der Waals surface area (Å²) >= 11 is 0. The van der Waals surface area contributed by atoms with Crippen molar-refractivity contribution in [2.75, 3.05) is 61.1 Å². The molecule has 0 spiro atoms. The van der Waals surface area contributed by atoms with E-state index >= 15 is 0 Å². The number of rotatable bonds is 5. The fourth-order valence-corrected chi connectivity index (χ4v) is 4.81. The van der Waals surface area contributed by atoms with Gasteiger partial charge in [0.25, 0.3) is 0 Å². The third-order valence-electron chi connectivity index (χ3n) is 6.92. The van der Waals surface area contributed by atoms with Gasteiger partial charge in [-0.1, -0.05) is 0 Å². The van der Waals surface area contributed by atoms with Crippen molar-refractivity contribution in [1.29, 1.82) is 0 Å². The smallest absolute Gasteiger partial charge is 0.171 e. The van der Waals surface area contributed by atoms with Crippen LogP contribution in [0.15, 0.2) is 30.6 Å².